The van der Waals surface area contributed by atoms with E-state index in [1.54, 1.807) is 0 Å². The van der Waals surface area contributed by atoms with E-state index in [9.17, 15) is 22.7 Å². The van der Waals surface area contributed by atoms with Crippen LogP contribution in [0.4, 0.5) is 4.39 Å². The zero-order chi connectivity index (χ0) is 14.0. The van der Waals surface area contributed by atoms with Gasteiger partial charge in [-0.1, -0.05) is 6.42 Å². The summed E-state index contributed by atoms with van der Waals surface area (Å²) >= 11 is 0. The van der Waals surface area contributed by atoms with Crippen molar-refractivity contribution in [1.29, 1.82) is 0 Å². The number of carbonyl (C=O) groups is 1. The molecule has 0 aliphatic carbocycles. The van der Waals surface area contributed by atoms with Crippen molar-refractivity contribution in [1.82, 2.24) is 4.31 Å². The molecule has 0 radical (unpaired) electrons. The van der Waals surface area contributed by atoms with Gasteiger partial charge in [0.15, 0.2) is 0 Å². The van der Waals surface area contributed by atoms with E-state index in [0.29, 0.717) is 12.8 Å². The SMILES string of the molecule is O=C([O-])[C@H]1CCCCN1S(=O)(=O)c1ccc(F)cc1. The van der Waals surface area contributed by atoms with Crippen LogP contribution in [0.15, 0.2) is 29.2 Å². The third kappa shape index (κ3) is 2.76. The highest BCUT2D eigenvalue weighted by Gasteiger charge is 2.34. The monoisotopic (exact) mass is 286 g/mol. The minimum Gasteiger partial charge on any atom is -0.548 e. The Bertz CT molecular complexity index is 570. The van der Waals surface area contributed by atoms with Crippen LogP contribution < -0.4 is 5.11 Å². The fourth-order valence-electron chi connectivity index (χ4n) is 2.17. The molecule has 104 valence electrons. The number of halogens is 1. The first-order valence-corrected chi connectivity index (χ1v) is 7.35. The normalized spacial score (nSPS) is 21.2. The molecule has 0 aromatic heterocycles. The van der Waals surface area contributed by atoms with Gasteiger partial charge < -0.3 is 9.90 Å². The molecule has 19 heavy (non-hydrogen) atoms. The molecule has 0 spiro atoms. The fourth-order valence-corrected chi connectivity index (χ4v) is 3.82. The highest BCUT2D eigenvalue weighted by molar-refractivity contribution is 7.89. The Morgan fingerprint density at radius 3 is 2.47 bits per heavy atom. The molecule has 0 unspecified atom stereocenters. The summed E-state index contributed by atoms with van der Waals surface area (Å²) in [4.78, 5) is 10.9. The quantitative estimate of drug-likeness (QED) is 0.790. The van der Waals surface area contributed by atoms with E-state index in [1.165, 1.54) is 0 Å². The summed E-state index contributed by atoms with van der Waals surface area (Å²) in [5.41, 5.74) is 0. The van der Waals surface area contributed by atoms with Gasteiger partial charge in [-0.15, -0.1) is 0 Å². The molecule has 0 bridgehead atoms. The second-order valence-corrected chi connectivity index (χ2v) is 6.29. The van der Waals surface area contributed by atoms with Gasteiger partial charge in [-0.25, -0.2) is 12.8 Å². The largest absolute Gasteiger partial charge is 0.548 e. The summed E-state index contributed by atoms with van der Waals surface area (Å²) in [6, 6.07) is 3.18. The molecule has 7 heteroatoms. The summed E-state index contributed by atoms with van der Waals surface area (Å²) < 4.78 is 38.4. The van der Waals surface area contributed by atoms with Gasteiger partial charge in [-0.2, -0.15) is 4.31 Å². The van der Waals surface area contributed by atoms with E-state index in [-0.39, 0.29) is 17.9 Å². The van der Waals surface area contributed by atoms with Gasteiger partial charge in [-0.3, -0.25) is 0 Å². The second-order valence-electron chi connectivity index (χ2n) is 4.40. The van der Waals surface area contributed by atoms with Crippen LogP contribution in [-0.2, 0) is 14.8 Å². The van der Waals surface area contributed by atoms with E-state index in [4.69, 9.17) is 0 Å². The number of rotatable bonds is 3. The number of sulfonamides is 1. The Morgan fingerprint density at radius 1 is 1.26 bits per heavy atom. The Kier molecular flexibility index (Phi) is 3.86. The number of piperidine rings is 1. The van der Waals surface area contributed by atoms with Gasteiger partial charge in [0.05, 0.1) is 16.9 Å². The fraction of sp³-hybridized carbons (Fsp3) is 0.417. The molecular formula is C12H13FNO4S-. The first kappa shape index (κ1) is 14.0. The minimum atomic E-state index is -3.93. The summed E-state index contributed by atoms with van der Waals surface area (Å²) in [7, 11) is -3.93. The van der Waals surface area contributed by atoms with Crippen LogP contribution in [0.1, 0.15) is 19.3 Å². The topological polar surface area (TPSA) is 77.5 Å². The van der Waals surface area contributed by atoms with E-state index in [1.807, 2.05) is 0 Å². The van der Waals surface area contributed by atoms with Gasteiger partial charge in [0.2, 0.25) is 10.0 Å². The molecule has 1 fully saturated rings. The predicted octanol–water partition coefficient (Wildman–Crippen LogP) is 0.119. The van der Waals surface area contributed by atoms with Crippen LogP contribution in [0.3, 0.4) is 0 Å². The summed E-state index contributed by atoms with van der Waals surface area (Å²) in [5.74, 6) is -1.94. The van der Waals surface area contributed by atoms with Crippen molar-refractivity contribution >= 4 is 16.0 Å². The highest BCUT2D eigenvalue weighted by atomic mass is 32.2. The second kappa shape index (κ2) is 5.26. The highest BCUT2D eigenvalue weighted by Crippen LogP contribution is 2.25. The van der Waals surface area contributed by atoms with E-state index >= 15 is 0 Å². The van der Waals surface area contributed by atoms with Crippen molar-refractivity contribution in [2.24, 2.45) is 0 Å². The lowest BCUT2D eigenvalue weighted by Gasteiger charge is -2.35. The van der Waals surface area contributed by atoms with Crippen LogP contribution in [0.2, 0.25) is 0 Å². The Hall–Kier alpha value is -1.47. The van der Waals surface area contributed by atoms with E-state index < -0.39 is 27.9 Å². The average molecular weight is 286 g/mol. The molecule has 1 aliphatic rings. The summed E-state index contributed by atoms with van der Waals surface area (Å²) in [6.45, 7) is 0.137. The third-order valence-electron chi connectivity index (χ3n) is 3.15. The van der Waals surface area contributed by atoms with Gasteiger partial charge >= 0.3 is 0 Å². The molecule has 1 heterocycles. The van der Waals surface area contributed by atoms with Crippen molar-refractivity contribution in [2.75, 3.05) is 6.54 Å². The Balaban J connectivity index is 2.37. The van der Waals surface area contributed by atoms with Crippen molar-refractivity contribution in [3.05, 3.63) is 30.1 Å². The molecule has 1 atom stereocenters. The predicted molar refractivity (Wildman–Crippen MR) is 62.9 cm³/mol. The van der Waals surface area contributed by atoms with E-state index in [0.717, 1.165) is 28.6 Å². The summed E-state index contributed by atoms with van der Waals surface area (Å²) in [5, 5.41) is 11.0. The molecule has 1 aromatic carbocycles. The molecule has 5 nitrogen and oxygen atoms in total. The number of carboxylic acid groups (broad SMARTS) is 1. The molecule has 1 aliphatic heterocycles. The van der Waals surface area contributed by atoms with Crippen LogP contribution in [0.5, 0.6) is 0 Å². The maximum Gasteiger partial charge on any atom is 0.243 e. The van der Waals surface area contributed by atoms with Crippen molar-refractivity contribution in [2.45, 2.75) is 30.2 Å². The lowest BCUT2D eigenvalue weighted by atomic mass is 10.1. The number of aliphatic carboxylic acids is 1. The summed E-state index contributed by atoms with van der Waals surface area (Å²) in [6.07, 6.45) is 1.49. The van der Waals surface area contributed by atoms with Crippen molar-refractivity contribution in [3.8, 4) is 0 Å². The van der Waals surface area contributed by atoms with E-state index in [2.05, 4.69) is 0 Å². The first-order chi connectivity index (χ1) is 8.93. The first-order valence-electron chi connectivity index (χ1n) is 5.91. The molecule has 0 N–H and O–H groups in total. The average Bonchev–Trinajstić information content (AvgIpc) is 2.39. The van der Waals surface area contributed by atoms with Gasteiger partial charge in [0.25, 0.3) is 0 Å². The number of carboxylic acids is 1. The zero-order valence-electron chi connectivity index (χ0n) is 10.1. The third-order valence-corrected chi connectivity index (χ3v) is 5.07. The van der Waals surface area contributed by atoms with Gasteiger partial charge in [0.1, 0.15) is 5.82 Å². The lowest BCUT2D eigenvalue weighted by molar-refractivity contribution is -0.311. The van der Waals surface area contributed by atoms with Crippen molar-refractivity contribution in [3.63, 3.8) is 0 Å². The maximum absolute atomic E-state index is 12.8. The van der Waals surface area contributed by atoms with Gasteiger partial charge in [-0.05, 0) is 37.1 Å². The molecule has 1 saturated heterocycles. The maximum atomic E-state index is 12.8. The van der Waals surface area contributed by atoms with Crippen LogP contribution in [-0.4, -0.2) is 31.3 Å². The molecule has 0 amide bonds. The number of hydrogen-bond acceptors (Lipinski definition) is 4. The molecule has 1 aromatic rings. The van der Waals surface area contributed by atoms with Crippen LogP contribution in [0.25, 0.3) is 0 Å². The van der Waals surface area contributed by atoms with Crippen molar-refractivity contribution < 1.29 is 22.7 Å². The molecular weight excluding hydrogens is 273 g/mol. The number of nitrogens with zero attached hydrogens (tertiary/aromatic N) is 1. The minimum absolute atomic E-state index is 0.109. The van der Waals surface area contributed by atoms with Gasteiger partial charge in [0, 0.05) is 6.54 Å². The van der Waals surface area contributed by atoms with Crippen LogP contribution in [0, 0.1) is 5.82 Å². The molecule has 2 rings (SSSR count). The zero-order valence-corrected chi connectivity index (χ0v) is 10.9. The number of hydrogen-bond donors (Lipinski definition) is 0. The van der Waals surface area contributed by atoms with Crippen LogP contribution >= 0.6 is 0 Å². The number of benzene rings is 1. The smallest absolute Gasteiger partial charge is 0.243 e. The standard InChI is InChI=1S/C12H14FNO4S/c13-9-4-6-10(7-5-9)19(17,18)14-8-2-1-3-11(14)12(15)16/h4-7,11H,1-3,8H2,(H,15,16)/p-1/t11-/m1/s1. The lowest BCUT2D eigenvalue weighted by Crippen LogP contribution is -2.52. The number of carbonyl (C=O) groups excluding carboxylic acids is 1. The Labute approximate surface area is 110 Å². The Morgan fingerprint density at radius 2 is 1.89 bits per heavy atom. The molecule has 0 saturated carbocycles.